The number of anilines is 2. The Hall–Kier alpha value is -4.05. The standard InChI is InChI=1S/C22H19N5O4S/c1-14-4-5-16(12-15(14)2)20-13-19(26-31-20)21(28)25-17-6-8-18(9-7-17)32(29,30)27-22-23-10-3-11-24-22/h3-13H,1-2H3,(H,25,28)(H,23,24,27). The molecule has 0 fully saturated rings. The van der Waals surface area contributed by atoms with Crippen LogP contribution in [-0.4, -0.2) is 29.4 Å². The third kappa shape index (κ3) is 4.65. The molecule has 2 aromatic carbocycles. The number of nitrogens with one attached hydrogen (secondary N) is 2. The molecule has 4 rings (SSSR count). The van der Waals surface area contributed by atoms with E-state index in [9.17, 15) is 13.2 Å². The van der Waals surface area contributed by atoms with Crippen molar-refractivity contribution in [2.45, 2.75) is 18.7 Å². The van der Waals surface area contributed by atoms with Gasteiger partial charge in [-0.15, -0.1) is 0 Å². The maximum absolute atomic E-state index is 12.5. The molecule has 2 aromatic heterocycles. The molecule has 0 aliphatic rings. The highest BCUT2D eigenvalue weighted by Gasteiger charge is 2.17. The molecule has 10 heteroatoms. The lowest BCUT2D eigenvalue weighted by molar-refractivity contribution is 0.101. The second-order valence-electron chi connectivity index (χ2n) is 7.03. The van der Waals surface area contributed by atoms with E-state index in [-0.39, 0.29) is 16.5 Å². The van der Waals surface area contributed by atoms with Gasteiger partial charge in [0.15, 0.2) is 11.5 Å². The molecule has 2 N–H and O–H groups in total. The zero-order valence-electron chi connectivity index (χ0n) is 17.2. The van der Waals surface area contributed by atoms with Crippen LogP contribution in [0.15, 0.2) is 76.4 Å². The first-order valence-corrected chi connectivity index (χ1v) is 11.1. The summed E-state index contributed by atoms with van der Waals surface area (Å²) in [6.07, 6.45) is 2.86. The molecular weight excluding hydrogens is 430 g/mol. The Labute approximate surface area is 184 Å². The summed E-state index contributed by atoms with van der Waals surface area (Å²) in [5.41, 5.74) is 3.60. The number of nitrogens with zero attached hydrogens (tertiary/aromatic N) is 3. The number of aromatic nitrogens is 3. The molecule has 4 aromatic rings. The smallest absolute Gasteiger partial charge is 0.277 e. The zero-order chi connectivity index (χ0) is 22.7. The van der Waals surface area contributed by atoms with Crippen molar-refractivity contribution >= 4 is 27.6 Å². The van der Waals surface area contributed by atoms with E-state index in [2.05, 4.69) is 25.2 Å². The Kier molecular flexibility index (Phi) is 5.69. The molecule has 0 saturated heterocycles. The van der Waals surface area contributed by atoms with Crippen LogP contribution in [0, 0.1) is 13.8 Å². The fourth-order valence-electron chi connectivity index (χ4n) is 2.86. The summed E-state index contributed by atoms with van der Waals surface area (Å²) in [5.74, 6) is -0.0281. The van der Waals surface area contributed by atoms with Crippen molar-refractivity contribution < 1.29 is 17.7 Å². The van der Waals surface area contributed by atoms with Crippen LogP contribution in [0.3, 0.4) is 0 Å². The molecule has 0 spiro atoms. The number of carbonyl (C=O) groups is 1. The lowest BCUT2D eigenvalue weighted by Gasteiger charge is -2.07. The normalized spacial score (nSPS) is 11.2. The molecule has 162 valence electrons. The van der Waals surface area contributed by atoms with Gasteiger partial charge in [-0.3, -0.25) is 4.79 Å². The molecule has 0 saturated carbocycles. The van der Waals surface area contributed by atoms with Crippen LogP contribution in [0.1, 0.15) is 21.6 Å². The molecule has 1 amide bonds. The highest BCUT2D eigenvalue weighted by Crippen LogP contribution is 2.23. The van der Waals surface area contributed by atoms with Crippen molar-refractivity contribution in [3.05, 3.63) is 83.8 Å². The summed E-state index contributed by atoms with van der Waals surface area (Å²) in [4.78, 5) is 20.2. The third-order valence-corrected chi connectivity index (χ3v) is 6.09. The van der Waals surface area contributed by atoms with Crippen molar-refractivity contribution in [3.8, 4) is 11.3 Å². The molecule has 0 aliphatic carbocycles. The largest absolute Gasteiger partial charge is 0.355 e. The summed E-state index contributed by atoms with van der Waals surface area (Å²) in [7, 11) is -3.86. The molecule has 0 atom stereocenters. The van der Waals surface area contributed by atoms with Crippen molar-refractivity contribution in [3.63, 3.8) is 0 Å². The quantitative estimate of drug-likeness (QED) is 0.458. The van der Waals surface area contributed by atoms with E-state index >= 15 is 0 Å². The monoisotopic (exact) mass is 449 g/mol. The number of hydrogen-bond acceptors (Lipinski definition) is 7. The minimum atomic E-state index is -3.86. The van der Waals surface area contributed by atoms with Gasteiger partial charge in [-0.1, -0.05) is 17.3 Å². The maximum Gasteiger partial charge on any atom is 0.277 e. The van der Waals surface area contributed by atoms with Gasteiger partial charge in [0.1, 0.15) is 0 Å². The minimum absolute atomic E-state index is 0.00131. The molecule has 0 bridgehead atoms. The van der Waals surface area contributed by atoms with Crippen LogP contribution < -0.4 is 10.0 Å². The van der Waals surface area contributed by atoms with E-state index < -0.39 is 15.9 Å². The number of amides is 1. The highest BCUT2D eigenvalue weighted by atomic mass is 32.2. The summed E-state index contributed by atoms with van der Waals surface area (Å²) < 4.78 is 32.5. The average molecular weight is 449 g/mol. The minimum Gasteiger partial charge on any atom is -0.355 e. The van der Waals surface area contributed by atoms with Gasteiger partial charge in [0, 0.05) is 29.7 Å². The van der Waals surface area contributed by atoms with Gasteiger partial charge in [0.05, 0.1) is 4.90 Å². The molecule has 0 radical (unpaired) electrons. The Morgan fingerprint density at radius 1 is 0.938 bits per heavy atom. The van der Waals surface area contributed by atoms with Crippen LogP contribution in [0.5, 0.6) is 0 Å². The van der Waals surface area contributed by atoms with Gasteiger partial charge < -0.3 is 9.84 Å². The molecule has 2 heterocycles. The van der Waals surface area contributed by atoms with E-state index in [1.807, 2.05) is 32.0 Å². The fourth-order valence-corrected chi connectivity index (χ4v) is 3.81. The topological polar surface area (TPSA) is 127 Å². The van der Waals surface area contributed by atoms with E-state index in [0.717, 1.165) is 16.7 Å². The predicted molar refractivity (Wildman–Crippen MR) is 119 cm³/mol. The van der Waals surface area contributed by atoms with Crippen LogP contribution in [0.2, 0.25) is 0 Å². The first kappa shape index (κ1) is 21.2. The van der Waals surface area contributed by atoms with Gasteiger partial charge in [-0.25, -0.2) is 23.1 Å². The lowest BCUT2D eigenvalue weighted by atomic mass is 10.0. The number of rotatable bonds is 6. The maximum atomic E-state index is 12.5. The molecule has 0 aliphatic heterocycles. The summed E-state index contributed by atoms with van der Waals surface area (Å²) in [5, 5.41) is 6.51. The van der Waals surface area contributed by atoms with Crippen LogP contribution in [0.25, 0.3) is 11.3 Å². The second-order valence-corrected chi connectivity index (χ2v) is 8.71. The number of hydrogen-bond donors (Lipinski definition) is 2. The van der Waals surface area contributed by atoms with E-state index in [1.165, 1.54) is 36.7 Å². The first-order chi connectivity index (χ1) is 15.3. The van der Waals surface area contributed by atoms with E-state index in [1.54, 1.807) is 12.1 Å². The number of sulfonamides is 1. The summed E-state index contributed by atoms with van der Waals surface area (Å²) >= 11 is 0. The van der Waals surface area contributed by atoms with Crippen molar-refractivity contribution in [1.29, 1.82) is 0 Å². The number of carbonyl (C=O) groups excluding carboxylic acids is 1. The molecule has 0 unspecified atom stereocenters. The molecular formula is C22H19N5O4S. The third-order valence-electron chi connectivity index (χ3n) is 4.75. The number of aryl methyl sites for hydroxylation is 2. The predicted octanol–water partition coefficient (Wildman–Crippen LogP) is 3.80. The SMILES string of the molecule is Cc1ccc(-c2cc(C(=O)Nc3ccc(S(=O)(=O)Nc4ncccn4)cc3)no2)cc1C. The Bertz CT molecular complexity index is 1370. The van der Waals surface area contributed by atoms with Gasteiger partial charge in [-0.05, 0) is 61.4 Å². The van der Waals surface area contributed by atoms with Crippen molar-refractivity contribution in [2.75, 3.05) is 10.0 Å². The van der Waals surface area contributed by atoms with E-state index in [4.69, 9.17) is 4.52 Å². The van der Waals surface area contributed by atoms with Gasteiger partial charge in [0.2, 0.25) is 5.95 Å². The fraction of sp³-hybridized carbons (Fsp3) is 0.0909. The van der Waals surface area contributed by atoms with Crippen LogP contribution in [-0.2, 0) is 10.0 Å². The average Bonchev–Trinajstić information content (AvgIpc) is 3.27. The van der Waals surface area contributed by atoms with Crippen LogP contribution in [0.4, 0.5) is 11.6 Å². The van der Waals surface area contributed by atoms with E-state index in [0.29, 0.717) is 11.4 Å². The molecule has 9 nitrogen and oxygen atoms in total. The highest BCUT2D eigenvalue weighted by molar-refractivity contribution is 7.92. The molecule has 32 heavy (non-hydrogen) atoms. The van der Waals surface area contributed by atoms with Gasteiger partial charge in [-0.2, -0.15) is 0 Å². The summed E-state index contributed by atoms with van der Waals surface area (Å²) in [6.45, 7) is 4.01. The first-order valence-electron chi connectivity index (χ1n) is 9.57. The number of benzene rings is 2. The lowest BCUT2D eigenvalue weighted by Crippen LogP contribution is -2.15. The Morgan fingerprint density at radius 2 is 1.66 bits per heavy atom. The zero-order valence-corrected chi connectivity index (χ0v) is 18.1. The second kappa shape index (κ2) is 8.60. The van der Waals surface area contributed by atoms with Crippen molar-refractivity contribution in [1.82, 2.24) is 15.1 Å². The summed E-state index contributed by atoms with van der Waals surface area (Å²) in [6, 6.07) is 14.7. The Balaban J connectivity index is 1.45. The Morgan fingerprint density at radius 3 is 2.34 bits per heavy atom. The van der Waals surface area contributed by atoms with Gasteiger partial charge in [0.25, 0.3) is 15.9 Å². The van der Waals surface area contributed by atoms with Crippen LogP contribution >= 0.6 is 0 Å². The van der Waals surface area contributed by atoms with Crippen molar-refractivity contribution in [2.24, 2.45) is 0 Å². The van der Waals surface area contributed by atoms with Gasteiger partial charge >= 0.3 is 0 Å².